The van der Waals surface area contributed by atoms with E-state index in [1.54, 1.807) is 0 Å². The van der Waals surface area contributed by atoms with Crippen molar-refractivity contribution in [1.82, 2.24) is 10.2 Å². The number of nitrogens with zero attached hydrogens (tertiary/aromatic N) is 1. The first-order valence-corrected chi connectivity index (χ1v) is 6.82. The average molecular weight is 210 g/mol. The molecule has 0 bridgehead atoms. The number of nitrogens with one attached hydrogen (secondary N) is 1. The van der Waals surface area contributed by atoms with Crippen molar-refractivity contribution in [3.63, 3.8) is 0 Å². The first kappa shape index (κ1) is 11.4. The Bertz CT molecular complexity index is 189. The monoisotopic (exact) mass is 210 g/mol. The van der Waals surface area contributed by atoms with E-state index >= 15 is 0 Å². The lowest BCUT2D eigenvalue weighted by molar-refractivity contribution is 0.291. The largest absolute Gasteiger partial charge is 0.312 e. The van der Waals surface area contributed by atoms with Gasteiger partial charge in [0.25, 0.3) is 0 Å². The Kier molecular flexibility index (Phi) is 4.04. The fourth-order valence-electron chi connectivity index (χ4n) is 3.22. The average Bonchev–Trinajstić information content (AvgIpc) is 2.83. The Balaban J connectivity index is 1.75. The van der Waals surface area contributed by atoms with Crippen LogP contribution in [0.4, 0.5) is 0 Å². The summed E-state index contributed by atoms with van der Waals surface area (Å²) < 4.78 is 0. The molecular formula is C13H26N2. The molecule has 0 aromatic carbocycles. The molecule has 2 aliphatic rings. The van der Waals surface area contributed by atoms with Gasteiger partial charge >= 0.3 is 0 Å². The van der Waals surface area contributed by atoms with E-state index in [1.807, 2.05) is 0 Å². The van der Waals surface area contributed by atoms with E-state index in [2.05, 4.69) is 24.1 Å². The second kappa shape index (κ2) is 5.31. The van der Waals surface area contributed by atoms with Gasteiger partial charge in [0, 0.05) is 18.6 Å². The lowest BCUT2D eigenvalue weighted by Gasteiger charge is -2.23. The molecule has 15 heavy (non-hydrogen) atoms. The van der Waals surface area contributed by atoms with Gasteiger partial charge < -0.3 is 5.32 Å². The Morgan fingerprint density at radius 1 is 1.20 bits per heavy atom. The molecule has 2 rings (SSSR count). The van der Waals surface area contributed by atoms with Crippen LogP contribution in [0.25, 0.3) is 0 Å². The summed E-state index contributed by atoms with van der Waals surface area (Å²) in [5, 5.41) is 3.81. The van der Waals surface area contributed by atoms with Crippen molar-refractivity contribution in [1.29, 1.82) is 0 Å². The van der Waals surface area contributed by atoms with Crippen LogP contribution in [0.1, 0.15) is 46.0 Å². The van der Waals surface area contributed by atoms with Crippen LogP contribution in [0.15, 0.2) is 0 Å². The Hall–Kier alpha value is -0.0800. The van der Waals surface area contributed by atoms with Gasteiger partial charge in [0.15, 0.2) is 0 Å². The van der Waals surface area contributed by atoms with Crippen LogP contribution in [-0.4, -0.2) is 36.6 Å². The molecule has 2 fully saturated rings. The van der Waals surface area contributed by atoms with Gasteiger partial charge in [-0.1, -0.05) is 26.7 Å². The predicted octanol–water partition coefficient (Wildman–Crippen LogP) is 2.25. The normalized spacial score (nSPS) is 31.4. The number of rotatable bonds is 5. The third-order valence-electron chi connectivity index (χ3n) is 4.43. The van der Waals surface area contributed by atoms with E-state index in [1.165, 1.54) is 51.7 Å². The predicted molar refractivity (Wildman–Crippen MR) is 65.1 cm³/mol. The van der Waals surface area contributed by atoms with Crippen molar-refractivity contribution < 1.29 is 0 Å². The molecule has 2 unspecified atom stereocenters. The Labute approximate surface area is 94.4 Å². The third kappa shape index (κ3) is 2.54. The van der Waals surface area contributed by atoms with Crippen LogP contribution in [0.3, 0.4) is 0 Å². The summed E-state index contributed by atoms with van der Waals surface area (Å²) in [6.07, 6.45) is 6.88. The summed E-state index contributed by atoms with van der Waals surface area (Å²) in [6.45, 7) is 8.56. The molecule has 2 heterocycles. The second-order valence-corrected chi connectivity index (χ2v) is 5.23. The molecule has 1 N–H and O–H groups in total. The van der Waals surface area contributed by atoms with Crippen molar-refractivity contribution >= 4 is 0 Å². The van der Waals surface area contributed by atoms with Crippen molar-refractivity contribution in [2.45, 2.75) is 58.0 Å². The molecule has 2 aliphatic heterocycles. The van der Waals surface area contributed by atoms with Crippen molar-refractivity contribution in [2.75, 3.05) is 19.6 Å². The lowest BCUT2D eigenvalue weighted by Crippen LogP contribution is -2.41. The number of fused-ring (bicyclic) bond motifs is 1. The standard InChI is InChI=1S/C13H26N2/c1-3-11(4-2)10-14-12-7-9-15-8-5-6-13(12)15/h11-14H,3-10H2,1-2H3. The van der Waals surface area contributed by atoms with Gasteiger partial charge in [0.1, 0.15) is 0 Å². The van der Waals surface area contributed by atoms with Gasteiger partial charge in [-0.2, -0.15) is 0 Å². The summed E-state index contributed by atoms with van der Waals surface area (Å²) in [7, 11) is 0. The topological polar surface area (TPSA) is 15.3 Å². The molecule has 0 aromatic heterocycles. The maximum absolute atomic E-state index is 3.81. The van der Waals surface area contributed by atoms with Gasteiger partial charge in [0.05, 0.1) is 0 Å². The summed E-state index contributed by atoms with van der Waals surface area (Å²) in [4.78, 5) is 2.69. The molecule has 0 aromatic rings. The number of hydrogen-bond donors (Lipinski definition) is 1. The second-order valence-electron chi connectivity index (χ2n) is 5.23. The molecule has 0 aliphatic carbocycles. The minimum atomic E-state index is 0.799. The van der Waals surface area contributed by atoms with Gasteiger partial charge in [-0.15, -0.1) is 0 Å². The first-order valence-electron chi connectivity index (χ1n) is 6.82. The lowest BCUT2D eigenvalue weighted by atomic mass is 10.0. The van der Waals surface area contributed by atoms with Crippen LogP contribution < -0.4 is 5.32 Å². The fourth-order valence-corrected chi connectivity index (χ4v) is 3.22. The summed E-state index contributed by atoms with van der Waals surface area (Å²) in [5.74, 6) is 0.889. The number of hydrogen-bond acceptors (Lipinski definition) is 2. The van der Waals surface area contributed by atoms with Crippen molar-refractivity contribution in [2.24, 2.45) is 5.92 Å². The zero-order valence-corrected chi connectivity index (χ0v) is 10.3. The fraction of sp³-hybridized carbons (Fsp3) is 1.00. The van der Waals surface area contributed by atoms with Gasteiger partial charge in [-0.05, 0) is 38.3 Å². The van der Waals surface area contributed by atoms with E-state index < -0.39 is 0 Å². The highest BCUT2D eigenvalue weighted by molar-refractivity contribution is 4.95. The van der Waals surface area contributed by atoms with Crippen LogP contribution in [0.2, 0.25) is 0 Å². The summed E-state index contributed by atoms with van der Waals surface area (Å²) >= 11 is 0. The molecule has 2 saturated heterocycles. The summed E-state index contributed by atoms with van der Waals surface area (Å²) in [6, 6.07) is 1.67. The van der Waals surface area contributed by atoms with Crippen LogP contribution >= 0.6 is 0 Å². The molecular weight excluding hydrogens is 184 g/mol. The maximum atomic E-state index is 3.81. The quantitative estimate of drug-likeness (QED) is 0.749. The minimum Gasteiger partial charge on any atom is -0.312 e. The molecule has 0 amide bonds. The van der Waals surface area contributed by atoms with Gasteiger partial charge in [-0.3, -0.25) is 4.90 Å². The van der Waals surface area contributed by atoms with Gasteiger partial charge in [-0.25, -0.2) is 0 Å². The van der Waals surface area contributed by atoms with Crippen molar-refractivity contribution in [3.05, 3.63) is 0 Å². The molecule has 0 spiro atoms. The molecule has 88 valence electrons. The van der Waals surface area contributed by atoms with Gasteiger partial charge in [0.2, 0.25) is 0 Å². The minimum absolute atomic E-state index is 0.799. The summed E-state index contributed by atoms with van der Waals surface area (Å²) in [5.41, 5.74) is 0. The molecule has 0 radical (unpaired) electrons. The third-order valence-corrected chi connectivity index (χ3v) is 4.43. The molecule has 2 heteroatoms. The van der Waals surface area contributed by atoms with E-state index in [0.717, 1.165) is 18.0 Å². The Morgan fingerprint density at radius 2 is 2.00 bits per heavy atom. The van der Waals surface area contributed by atoms with Crippen molar-refractivity contribution in [3.8, 4) is 0 Å². The maximum Gasteiger partial charge on any atom is 0.0250 e. The highest BCUT2D eigenvalue weighted by Crippen LogP contribution is 2.28. The van der Waals surface area contributed by atoms with Crippen LogP contribution in [0.5, 0.6) is 0 Å². The van der Waals surface area contributed by atoms with Crippen LogP contribution in [-0.2, 0) is 0 Å². The van der Waals surface area contributed by atoms with E-state index in [4.69, 9.17) is 0 Å². The highest BCUT2D eigenvalue weighted by Gasteiger charge is 2.36. The zero-order valence-electron chi connectivity index (χ0n) is 10.3. The smallest absolute Gasteiger partial charge is 0.0250 e. The first-order chi connectivity index (χ1) is 7.35. The molecule has 2 atom stereocenters. The van der Waals surface area contributed by atoms with Crippen LogP contribution in [0, 0.1) is 5.92 Å². The van der Waals surface area contributed by atoms with E-state index in [-0.39, 0.29) is 0 Å². The van der Waals surface area contributed by atoms with E-state index in [0.29, 0.717) is 0 Å². The zero-order chi connectivity index (χ0) is 10.7. The SMILES string of the molecule is CCC(CC)CNC1CCN2CCCC12. The molecule has 2 nitrogen and oxygen atoms in total. The van der Waals surface area contributed by atoms with E-state index in [9.17, 15) is 0 Å². The highest BCUT2D eigenvalue weighted by atomic mass is 15.2. The Morgan fingerprint density at radius 3 is 2.73 bits per heavy atom. The molecule has 0 saturated carbocycles.